The first kappa shape index (κ1) is 15.8. The van der Waals surface area contributed by atoms with Crippen LogP contribution >= 0.6 is 11.8 Å². The number of carbonyl (C=O) groups excluding carboxylic acids is 1. The zero-order chi connectivity index (χ0) is 15.5. The molecule has 1 aromatic carbocycles. The van der Waals surface area contributed by atoms with Gasteiger partial charge in [0.1, 0.15) is 5.82 Å². The molecule has 0 spiro atoms. The van der Waals surface area contributed by atoms with E-state index in [1.165, 1.54) is 6.07 Å². The zero-order valence-electron chi connectivity index (χ0n) is 11.8. The van der Waals surface area contributed by atoms with E-state index in [0.717, 1.165) is 18.2 Å². The lowest BCUT2D eigenvalue weighted by atomic mass is 9.85. The molecule has 4 nitrogen and oxygen atoms in total. The van der Waals surface area contributed by atoms with Crippen LogP contribution in [0.2, 0.25) is 0 Å². The van der Waals surface area contributed by atoms with Gasteiger partial charge in [-0.25, -0.2) is 4.39 Å². The Morgan fingerprint density at radius 1 is 1.48 bits per heavy atom. The summed E-state index contributed by atoms with van der Waals surface area (Å²) in [5.74, 6) is -1.42. The standard InChI is InChI=1S/C15H18FNO3S/c1-15(14(19)20)8-4-7-12(15)17-13(18)9-21-11-6-3-2-5-10(11)16/h2-3,5-6,12H,4,7-9H2,1H3,(H,17,18)(H,19,20). The first-order chi connectivity index (χ1) is 9.93. The predicted molar refractivity (Wildman–Crippen MR) is 78.6 cm³/mol. The van der Waals surface area contributed by atoms with Crippen LogP contribution in [0.25, 0.3) is 0 Å². The molecule has 6 heteroatoms. The van der Waals surface area contributed by atoms with Gasteiger partial charge in [-0.3, -0.25) is 9.59 Å². The Morgan fingerprint density at radius 3 is 2.86 bits per heavy atom. The molecule has 2 unspecified atom stereocenters. The van der Waals surface area contributed by atoms with Crippen LogP contribution in [0, 0.1) is 11.2 Å². The van der Waals surface area contributed by atoms with Gasteiger partial charge in [-0.1, -0.05) is 18.6 Å². The highest BCUT2D eigenvalue weighted by Crippen LogP contribution is 2.38. The third-order valence-electron chi connectivity index (χ3n) is 3.98. The van der Waals surface area contributed by atoms with Crippen LogP contribution in [0.1, 0.15) is 26.2 Å². The highest BCUT2D eigenvalue weighted by atomic mass is 32.2. The van der Waals surface area contributed by atoms with Crippen molar-refractivity contribution in [2.75, 3.05) is 5.75 Å². The van der Waals surface area contributed by atoms with Crippen molar-refractivity contribution >= 4 is 23.6 Å². The van der Waals surface area contributed by atoms with Crippen molar-refractivity contribution in [3.8, 4) is 0 Å². The number of carboxylic acid groups (broad SMARTS) is 1. The van der Waals surface area contributed by atoms with Crippen LogP contribution in [0.3, 0.4) is 0 Å². The molecule has 1 saturated carbocycles. The summed E-state index contributed by atoms with van der Waals surface area (Å²) < 4.78 is 13.4. The van der Waals surface area contributed by atoms with Crippen molar-refractivity contribution in [2.24, 2.45) is 5.41 Å². The molecule has 2 atom stereocenters. The van der Waals surface area contributed by atoms with E-state index in [-0.39, 0.29) is 23.5 Å². The first-order valence-corrected chi connectivity index (χ1v) is 7.82. The third-order valence-corrected chi connectivity index (χ3v) is 5.03. The van der Waals surface area contributed by atoms with Crippen molar-refractivity contribution < 1.29 is 19.1 Å². The minimum absolute atomic E-state index is 0.0765. The van der Waals surface area contributed by atoms with E-state index in [4.69, 9.17) is 0 Å². The molecule has 1 aliphatic rings. The summed E-state index contributed by atoms with van der Waals surface area (Å²) in [7, 11) is 0. The minimum Gasteiger partial charge on any atom is -0.481 e. The lowest BCUT2D eigenvalue weighted by Crippen LogP contribution is -2.47. The summed E-state index contributed by atoms with van der Waals surface area (Å²) in [6, 6.07) is 5.91. The molecule has 0 aromatic heterocycles. The number of benzene rings is 1. The summed E-state index contributed by atoms with van der Waals surface area (Å²) in [4.78, 5) is 23.7. The van der Waals surface area contributed by atoms with Crippen molar-refractivity contribution in [3.63, 3.8) is 0 Å². The second-order valence-corrected chi connectivity index (χ2v) is 6.47. The zero-order valence-corrected chi connectivity index (χ0v) is 12.6. The van der Waals surface area contributed by atoms with E-state index in [2.05, 4.69) is 5.32 Å². The molecule has 0 saturated heterocycles. The van der Waals surface area contributed by atoms with Gasteiger partial charge >= 0.3 is 5.97 Å². The molecule has 2 N–H and O–H groups in total. The smallest absolute Gasteiger partial charge is 0.311 e. The molecule has 21 heavy (non-hydrogen) atoms. The second kappa shape index (κ2) is 6.47. The van der Waals surface area contributed by atoms with E-state index in [1.807, 2.05) is 0 Å². The van der Waals surface area contributed by atoms with Gasteiger partial charge in [-0.05, 0) is 31.9 Å². The van der Waals surface area contributed by atoms with Gasteiger partial charge in [0.05, 0.1) is 11.2 Å². The van der Waals surface area contributed by atoms with Crippen LogP contribution < -0.4 is 5.32 Å². The fourth-order valence-electron chi connectivity index (χ4n) is 2.59. The molecule has 2 rings (SSSR count). The molecule has 1 fully saturated rings. The van der Waals surface area contributed by atoms with Gasteiger partial charge in [-0.2, -0.15) is 0 Å². The highest BCUT2D eigenvalue weighted by Gasteiger charge is 2.45. The molecule has 1 aliphatic carbocycles. The van der Waals surface area contributed by atoms with Crippen LogP contribution in [-0.4, -0.2) is 28.8 Å². The Morgan fingerprint density at radius 2 is 2.19 bits per heavy atom. The molecular weight excluding hydrogens is 293 g/mol. The van der Waals surface area contributed by atoms with Crippen molar-refractivity contribution in [3.05, 3.63) is 30.1 Å². The van der Waals surface area contributed by atoms with Crippen LogP contribution in [0.5, 0.6) is 0 Å². The van der Waals surface area contributed by atoms with Gasteiger partial charge in [0, 0.05) is 10.9 Å². The molecule has 114 valence electrons. The average molecular weight is 311 g/mol. The number of carboxylic acids is 1. The Balaban J connectivity index is 1.90. The van der Waals surface area contributed by atoms with Crippen LogP contribution in [-0.2, 0) is 9.59 Å². The summed E-state index contributed by atoms with van der Waals surface area (Å²) in [5, 5.41) is 12.1. The van der Waals surface area contributed by atoms with E-state index in [0.29, 0.717) is 17.7 Å². The number of thioether (sulfide) groups is 1. The first-order valence-electron chi connectivity index (χ1n) is 6.83. The number of hydrogen-bond donors (Lipinski definition) is 2. The monoisotopic (exact) mass is 311 g/mol. The maximum absolute atomic E-state index is 13.4. The van der Waals surface area contributed by atoms with Crippen molar-refractivity contribution in [1.82, 2.24) is 5.32 Å². The molecule has 0 aliphatic heterocycles. The maximum Gasteiger partial charge on any atom is 0.311 e. The van der Waals surface area contributed by atoms with Gasteiger partial charge in [0.25, 0.3) is 0 Å². The summed E-state index contributed by atoms with van der Waals surface area (Å²) in [6.45, 7) is 1.66. The maximum atomic E-state index is 13.4. The van der Waals surface area contributed by atoms with E-state index >= 15 is 0 Å². The molecule has 0 heterocycles. The molecule has 1 aromatic rings. The largest absolute Gasteiger partial charge is 0.481 e. The molecule has 1 amide bonds. The van der Waals surface area contributed by atoms with E-state index in [9.17, 15) is 19.1 Å². The number of carbonyl (C=O) groups is 2. The number of nitrogens with one attached hydrogen (secondary N) is 1. The molecule has 0 bridgehead atoms. The van der Waals surface area contributed by atoms with E-state index < -0.39 is 11.4 Å². The Kier molecular flexibility index (Phi) is 4.88. The third kappa shape index (κ3) is 3.56. The summed E-state index contributed by atoms with van der Waals surface area (Å²) in [6.07, 6.45) is 2.01. The average Bonchev–Trinajstić information content (AvgIpc) is 2.81. The minimum atomic E-state index is -0.904. The number of hydrogen-bond acceptors (Lipinski definition) is 3. The number of rotatable bonds is 5. The number of amides is 1. The summed E-state index contributed by atoms with van der Waals surface area (Å²) in [5.41, 5.74) is -0.904. The quantitative estimate of drug-likeness (QED) is 0.821. The Labute approximate surface area is 127 Å². The van der Waals surface area contributed by atoms with Gasteiger partial charge in [0.15, 0.2) is 0 Å². The molecular formula is C15H18FNO3S. The SMILES string of the molecule is CC1(C(=O)O)CCCC1NC(=O)CSc1ccccc1F. The van der Waals surface area contributed by atoms with Crippen LogP contribution in [0.15, 0.2) is 29.2 Å². The lowest BCUT2D eigenvalue weighted by molar-refractivity contribution is -0.149. The number of halogens is 1. The Hall–Kier alpha value is -1.56. The number of aliphatic carboxylic acids is 1. The highest BCUT2D eigenvalue weighted by molar-refractivity contribution is 8.00. The van der Waals surface area contributed by atoms with Gasteiger partial charge in [0.2, 0.25) is 5.91 Å². The lowest BCUT2D eigenvalue weighted by Gasteiger charge is -2.27. The van der Waals surface area contributed by atoms with Gasteiger partial charge in [-0.15, -0.1) is 11.8 Å². The van der Waals surface area contributed by atoms with Gasteiger partial charge < -0.3 is 10.4 Å². The predicted octanol–water partition coefficient (Wildman–Crippen LogP) is 2.68. The van der Waals surface area contributed by atoms with Crippen molar-refractivity contribution in [2.45, 2.75) is 37.1 Å². The fourth-order valence-corrected chi connectivity index (χ4v) is 3.35. The fraction of sp³-hybridized carbons (Fsp3) is 0.467. The van der Waals surface area contributed by atoms with E-state index in [1.54, 1.807) is 25.1 Å². The van der Waals surface area contributed by atoms with Crippen molar-refractivity contribution in [1.29, 1.82) is 0 Å². The molecule has 0 radical (unpaired) electrons. The Bertz CT molecular complexity index is 551. The van der Waals surface area contributed by atoms with Crippen LogP contribution in [0.4, 0.5) is 4.39 Å². The summed E-state index contributed by atoms with van der Waals surface area (Å²) >= 11 is 1.11. The second-order valence-electron chi connectivity index (χ2n) is 5.45. The topological polar surface area (TPSA) is 66.4 Å². The normalized spacial score (nSPS) is 24.8.